The van der Waals surface area contributed by atoms with Crippen molar-refractivity contribution in [1.29, 1.82) is 0 Å². The van der Waals surface area contributed by atoms with Gasteiger partial charge in [-0.1, -0.05) is 36.7 Å². The number of hydrogen-bond donors (Lipinski definition) is 3. The molecule has 0 aliphatic rings. The number of thiazole rings is 1. The van der Waals surface area contributed by atoms with Crippen molar-refractivity contribution in [1.82, 2.24) is 20.9 Å². The zero-order chi connectivity index (χ0) is 19.2. The fourth-order valence-corrected chi connectivity index (χ4v) is 3.19. The van der Waals surface area contributed by atoms with Gasteiger partial charge in [0.2, 0.25) is 0 Å². The van der Waals surface area contributed by atoms with E-state index in [9.17, 15) is 9.59 Å². The number of hydrogen-bond acceptors (Lipinski definition) is 4. The van der Waals surface area contributed by atoms with E-state index >= 15 is 0 Å². The first-order chi connectivity index (χ1) is 12.3. The number of carbonyl (C=O) groups excluding carboxylic acids is 2. The molecule has 6 nitrogen and oxygen atoms in total. The maximum atomic E-state index is 11.9. The van der Waals surface area contributed by atoms with Crippen molar-refractivity contribution in [3.05, 3.63) is 50.4 Å². The van der Waals surface area contributed by atoms with Crippen LogP contribution in [-0.4, -0.2) is 30.0 Å². The lowest BCUT2D eigenvalue weighted by atomic mass is 9.98. The number of carbonyl (C=O) groups is 2. The van der Waals surface area contributed by atoms with Crippen LogP contribution < -0.4 is 16.0 Å². The average molecular weight is 439 g/mol. The Morgan fingerprint density at radius 2 is 1.73 bits per heavy atom. The van der Waals surface area contributed by atoms with Gasteiger partial charge in [-0.2, -0.15) is 0 Å². The Balaban J connectivity index is 1.65. The summed E-state index contributed by atoms with van der Waals surface area (Å²) in [6.45, 7) is 7.41. The van der Waals surface area contributed by atoms with E-state index in [1.165, 1.54) is 0 Å². The number of benzene rings is 1. The Labute approximate surface area is 165 Å². The molecule has 0 bridgehead atoms. The molecule has 140 valence electrons. The normalized spacial score (nSPS) is 11.1. The Bertz CT molecular complexity index is 753. The van der Waals surface area contributed by atoms with Gasteiger partial charge in [0.25, 0.3) is 5.91 Å². The summed E-state index contributed by atoms with van der Waals surface area (Å²) in [5, 5.41) is 11.2. The van der Waals surface area contributed by atoms with Crippen LogP contribution >= 0.6 is 27.3 Å². The van der Waals surface area contributed by atoms with Gasteiger partial charge in [0, 0.05) is 33.9 Å². The summed E-state index contributed by atoms with van der Waals surface area (Å²) in [5.41, 5.74) is 1.44. The molecule has 0 radical (unpaired) electrons. The number of nitrogens with zero attached hydrogens (tertiary/aromatic N) is 1. The van der Waals surface area contributed by atoms with Gasteiger partial charge in [-0.25, -0.2) is 9.78 Å². The summed E-state index contributed by atoms with van der Waals surface area (Å²) < 4.78 is 0.919. The van der Waals surface area contributed by atoms with Crippen molar-refractivity contribution in [3.63, 3.8) is 0 Å². The average Bonchev–Trinajstić information content (AvgIpc) is 3.07. The fourth-order valence-electron chi connectivity index (χ4n) is 2.02. The zero-order valence-corrected chi connectivity index (χ0v) is 17.5. The molecule has 1 aromatic heterocycles. The summed E-state index contributed by atoms with van der Waals surface area (Å²) in [6, 6.07) is 6.81. The Morgan fingerprint density at radius 1 is 1.08 bits per heavy atom. The molecule has 0 atom stereocenters. The van der Waals surface area contributed by atoms with E-state index in [1.807, 2.05) is 17.5 Å². The predicted molar refractivity (Wildman–Crippen MR) is 108 cm³/mol. The van der Waals surface area contributed by atoms with Gasteiger partial charge < -0.3 is 16.0 Å². The molecule has 1 aromatic carbocycles. The highest BCUT2D eigenvalue weighted by Gasteiger charge is 2.18. The number of nitrogens with one attached hydrogen (secondary N) is 3. The number of aromatic nitrogens is 1. The molecule has 3 N–H and O–H groups in total. The number of rotatable bonds is 6. The molecule has 3 amide bonds. The molecule has 2 aromatic rings. The van der Waals surface area contributed by atoms with Gasteiger partial charge in [0.15, 0.2) is 0 Å². The third kappa shape index (κ3) is 6.42. The second kappa shape index (κ2) is 9.14. The molecular formula is C18H23BrN4O2S. The first-order valence-electron chi connectivity index (χ1n) is 8.26. The van der Waals surface area contributed by atoms with E-state index in [2.05, 4.69) is 57.6 Å². The van der Waals surface area contributed by atoms with E-state index in [0.717, 1.165) is 15.2 Å². The largest absolute Gasteiger partial charge is 0.350 e. The van der Waals surface area contributed by atoms with Crippen LogP contribution in [0.4, 0.5) is 4.79 Å². The smallest absolute Gasteiger partial charge is 0.315 e. The van der Waals surface area contributed by atoms with Crippen LogP contribution in [0.3, 0.4) is 0 Å². The van der Waals surface area contributed by atoms with E-state index < -0.39 is 0 Å². The molecule has 0 spiro atoms. The summed E-state index contributed by atoms with van der Waals surface area (Å²) in [6.07, 6.45) is 0. The van der Waals surface area contributed by atoms with E-state index in [-0.39, 0.29) is 17.4 Å². The van der Waals surface area contributed by atoms with E-state index in [1.54, 1.807) is 23.5 Å². The zero-order valence-electron chi connectivity index (χ0n) is 15.1. The Hall–Kier alpha value is -1.93. The number of amides is 3. The van der Waals surface area contributed by atoms with Gasteiger partial charge in [0.1, 0.15) is 0 Å². The predicted octanol–water partition coefficient (Wildman–Crippen LogP) is 3.43. The van der Waals surface area contributed by atoms with Crippen molar-refractivity contribution in [2.45, 2.75) is 32.7 Å². The monoisotopic (exact) mass is 438 g/mol. The van der Waals surface area contributed by atoms with Crippen LogP contribution in [-0.2, 0) is 12.0 Å². The molecular weight excluding hydrogens is 416 g/mol. The third-order valence-electron chi connectivity index (χ3n) is 3.43. The second-order valence-electron chi connectivity index (χ2n) is 6.77. The maximum absolute atomic E-state index is 11.9. The highest BCUT2D eigenvalue weighted by Crippen LogP contribution is 2.25. The van der Waals surface area contributed by atoms with Crippen molar-refractivity contribution < 1.29 is 9.59 Å². The van der Waals surface area contributed by atoms with Crippen LogP contribution in [0.15, 0.2) is 34.1 Å². The lowest BCUT2D eigenvalue weighted by Crippen LogP contribution is -2.40. The van der Waals surface area contributed by atoms with Crippen LogP contribution in [0.1, 0.15) is 41.8 Å². The molecule has 26 heavy (non-hydrogen) atoms. The Kier molecular flexibility index (Phi) is 7.16. The summed E-state index contributed by atoms with van der Waals surface area (Å²) in [4.78, 5) is 28.3. The van der Waals surface area contributed by atoms with Gasteiger partial charge in [-0.3, -0.25) is 4.79 Å². The van der Waals surface area contributed by atoms with E-state index in [4.69, 9.17) is 0 Å². The van der Waals surface area contributed by atoms with Crippen molar-refractivity contribution in [2.75, 3.05) is 13.1 Å². The Morgan fingerprint density at radius 3 is 2.35 bits per heavy atom. The number of urea groups is 1. The molecule has 0 fully saturated rings. The summed E-state index contributed by atoms with van der Waals surface area (Å²) in [7, 11) is 0. The van der Waals surface area contributed by atoms with Crippen LogP contribution in [0.2, 0.25) is 0 Å². The minimum Gasteiger partial charge on any atom is -0.350 e. The van der Waals surface area contributed by atoms with Gasteiger partial charge in [-0.15, -0.1) is 11.3 Å². The molecule has 0 unspecified atom stereocenters. The molecule has 2 rings (SSSR count). The first-order valence-corrected chi connectivity index (χ1v) is 9.93. The summed E-state index contributed by atoms with van der Waals surface area (Å²) >= 11 is 4.93. The highest BCUT2D eigenvalue weighted by atomic mass is 79.9. The van der Waals surface area contributed by atoms with Gasteiger partial charge in [-0.05, 0) is 24.3 Å². The van der Waals surface area contributed by atoms with Gasteiger partial charge >= 0.3 is 6.03 Å². The highest BCUT2D eigenvalue weighted by molar-refractivity contribution is 9.10. The topological polar surface area (TPSA) is 83.1 Å². The van der Waals surface area contributed by atoms with Crippen molar-refractivity contribution in [2.24, 2.45) is 0 Å². The lowest BCUT2D eigenvalue weighted by Gasteiger charge is -2.13. The van der Waals surface area contributed by atoms with Crippen LogP contribution in [0, 0.1) is 0 Å². The third-order valence-corrected chi connectivity index (χ3v) is 5.27. The van der Waals surface area contributed by atoms with Crippen LogP contribution in [0.25, 0.3) is 0 Å². The fraction of sp³-hybridized carbons (Fsp3) is 0.389. The van der Waals surface area contributed by atoms with Crippen molar-refractivity contribution in [3.8, 4) is 0 Å². The minimum absolute atomic E-state index is 0.0121. The van der Waals surface area contributed by atoms with Crippen molar-refractivity contribution >= 4 is 39.2 Å². The summed E-state index contributed by atoms with van der Waals surface area (Å²) in [5.74, 6) is -0.170. The molecule has 0 saturated carbocycles. The maximum Gasteiger partial charge on any atom is 0.315 e. The molecule has 0 aliphatic carbocycles. The second-order valence-corrected chi connectivity index (χ2v) is 8.54. The molecule has 1 heterocycles. The first kappa shape index (κ1) is 20.4. The SMILES string of the molecule is CC(C)(C)c1nc(CNC(=O)NCCNC(=O)c2ccc(Br)cc2)cs1. The number of halogens is 1. The molecule has 0 saturated heterocycles. The van der Waals surface area contributed by atoms with Crippen LogP contribution in [0.5, 0.6) is 0 Å². The standard InChI is InChI=1S/C18H23BrN4O2S/c1-18(2,3)16-23-14(11-26-16)10-22-17(25)21-9-8-20-15(24)12-4-6-13(19)7-5-12/h4-7,11H,8-10H2,1-3H3,(H,20,24)(H2,21,22,25). The van der Waals surface area contributed by atoms with Gasteiger partial charge in [0.05, 0.1) is 17.2 Å². The minimum atomic E-state index is -0.284. The molecule has 8 heteroatoms. The quantitative estimate of drug-likeness (QED) is 0.603. The van der Waals surface area contributed by atoms with E-state index in [0.29, 0.717) is 25.2 Å². The lowest BCUT2D eigenvalue weighted by molar-refractivity contribution is 0.0954. The molecule has 0 aliphatic heterocycles.